The van der Waals surface area contributed by atoms with Crippen molar-refractivity contribution in [2.45, 2.75) is 32.2 Å². The lowest BCUT2D eigenvalue weighted by molar-refractivity contribution is 0.538. The topological polar surface area (TPSA) is 12.0 Å². The van der Waals surface area contributed by atoms with Gasteiger partial charge in [-0.05, 0) is 48.1 Å². The van der Waals surface area contributed by atoms with E-state index >= 15 is 0 Å². The zero-order valence-corrected chi connectivity index (χ0v) is 9.22. The molecule has 1 unspecified atom stereocenters. The van der Waals surface area contributed by atoms with E-state index < -0.39 is 0 Å². The number of rotatable bonds is 1. The molecule has 0 spiro atoms. The van der Waals surface area contributed by atoms with Gasteiger partial charge in [0, 0.05) is 6.04 Å². The summed E-state index contributed by atoms with van der Waals surface area (Å²) in [5.74, 6) is 0. The largest absolute Gasteiger partial charge is 0.310 e. The summed E-state index contributed by atoms with van der Waals surface area (Å²) in [4.78, 5) is 0. The van der Waals surface area contributed by atoms with Crippen LogP contribution in [-0.4, -0.2) is 12.6 Å². The van der Waals surface area contributed by atoms with E-state index in [9.17, 15) is 0 Å². The molecule has 15 heavy (non-hydrogen) atoms. The van der Waals surface area contributed by atoms with E-state index in [4.69, 9.17) is 0 Å². The van der Waals surface area contributed by atoms with Gasteiger partial charge in [-0.2, -0.15) is 0 Å². The molecule has 0 radical (unpaired) electrons. The molecule has 1 heterocycles. The van der Waals surface area contributed by atoms with Crippen molar-refractivity contribution in [1.29, 1.82) is 0 Å². The molecular formula is C14H17N. The van der Waals surface area contributed by atoms with Gasteiger partial charge in [-0.1, -0.05) is 31.2 Å². The van der Waals surface area contributed by atoms with Crippen LogP contribution in [0.4, 0.5) is 0 Å². The summed E-state index contributed by atoms with van der Waals surface area (Å²) < 4.78 is 0. The molecule has 1 atom stereocenters. The summed E-state index contributed by atoms with van der Waals surface area (Å²) in [7, 11) is 0. The van der Waals surface area contributed by atoms with Crippen LogP contribution in [-0.2, 0) is 6.42 Å². The highest BCUT2D eigenvalue weighted by Crippen LogP contribution is 2.38. The zero-order valence-electron chi connectivity index (χ0n) is 9.22. The molecule has 1 heteroatoms. The molecule has 0 bridgehead atoms. The number of hydrogen-bond donors (Lipinski definition) is 1. The Morgan fingerprint density at radius 3 is 3.07 bits per heavy atom. The summed E-state index contributed by atoms with van der Waals surface area (Å²) in [6.45, 7) is 3.42. The first kappa shape index (κ1) is 9.17. The van der Waals surface area contributed by atoms with Crippen LogP contribution in [0.5, 0.6) is 0 Å². The van der Waals surface area contributed by atoms with Gasteiger partial charge in [0.05, 0.1) is 0 Å². The van der Waals surface area contributed by atoms with E-state index in [1.165, 1.54) is 30.4 Å². The van der Waals surface area contributed by atoms with Gasteiger partial charge in [-0.3, -0.25) is 0 Å². The van der Waals surface area contributed by atoms with Gasteiger partial charge in [0.1, 0.15) is 0 Å². The smallest absolute Gasteiger partial charge is 0.0286 e. The Hall–Kier alpha value is -1.08. The summed E-state index contributed by atoms with van der Waals surface area (Å²) >= 11 is 0. The summed E-state index contributed by atoms with van der Waals surface area (Å²) in [6, 6.07) is 9.51. The van der Waals surface area contributed by atoms with Crippen molar-refractivity contribution in [2.24, 2.45) is 0 Å². The minimum atomic E-state index is 0.626. The third kappa shape index (κ3) is 1.34. The summed E-state index contributed by atoms with van der Waals surface area (Å²) in [5, 5.41) is 3.62. The molecule has 0 saturated heterocycles. The molecule has 1 aromatic rings. The minimum absolute atomic E-state index is 0.626. The SMILES string of the molecule is CCC1NCCC2=C1Cc1ccccc12. The third-order valence-electron chi connectivity index (χ3n) is 3.71. The van der Waals surface area contributed by atoms with Crippen molar-refractivity contribution >= 4 is 5.57 Å². The van der Waals surface area contributed by atoms with Crippen LogP contribution in [0, 0.1) is 0 Å². The van der Waals surface area contributed by atoms with E-state index in [2.05, 4.69) is 36.5 Å². The van der Waals surface area contributed by atoms with Crippen LogP contribution in [0.1, 0.15) is 30.9 Å². The third-order valence-corrected chi connectivity index (χ3v) is 3.71. The summed E-state index contributed by atoms with van der Waals surface area (Å²) in [6.07, 6.45) is 3.60. The van der Waals surface area contributed by atoms with E-state index in [-0.39, 0.29) is 0 Å². The molecule has 3 rings (SSSR count). The molecule has 1 aliphatic heterocycles. The van der Waals surface area contributed by atoms with Gasteiger partial charge < -0.3 is 5.32 Å². The Morgan fingerprint density at radius 2 is 2.20 bits per heavy atom. The van der Waals surface area contributed by atoms with Crippen LogP contribution >= 0.6 is 0 Å². The Morgan fingerprint density at radius 1 is 1.33 bits per heavy atom. The fourth-order valence-electron chi connectivity index (χ4n) is 2.97. The molecule has 1 nitrogen and oxygen atoms in total. The maximum atomic E-state index is 3.62. The first-order valence-electron chi connectivity index (χ1n) is 5.93. The van der Waals surface area contributed by atoms with Crippen LogP contribution in [0.2, 0.25) is 0 Å². The van der Waals surface area contributed by atoms with Crippen molar-refractivity contribution in [1.82, 2.24) is 5.32 Å². The normalized spacial score (nSPS) is 23.9. The number of fused-ring (bicyclic) bond motifs is 2. The van der Waals surface area contributed by atoms with Crippen LogP contribution in [0.15, 0.2) is 29.8 Å². The highest BCUT2D eigenvalue weighted by atomic mass is 14.9. The molecule has 0 saturated carbocycles. The Labute approximate surface area is 91.2 Å². The molecule has 0 fully saturated rings. The number of nitrogens with one attached hydrogen (secondary N) is 1. The summed E-state index contributed by atoms with van der Waals surface area (Å²) in [5.41, 5.74) is 6.35. The number of benzene rings is 1. The quantitative estimate of drug-likeness (QED) is 0.733. The lowest BCUT2D eigenvalue weighted by Gasteiger charge is -2.25. The maximum absolute atomic E-state index is 3.62. The fraction of sp³-hybridized carbons (Fsp3) is 0.429. The highest BCUT2D eigenvalue weighted by Gasteiger charge is 2.28. The molecular weight excluding hydrogens is 182 g/mol. The van der Waals surface area contributed by atoms with E-state index in [1.54, 1.807) is 11.1 Å². The predicted molar refractivity (Wildman–Crippen MR) is 63.8 cm³/mol. The van der Waals surface area contributed by atoms with Crippen molar-refractivity contribution in [3.63, 3.8) is 0 Å². The molecule has 1 aliphatic carbocycles. The Balaban J connectivity index is 2.06. The second kappa shape index (κ2) is 3.49. The molecule has 1 aromatic carbocycles. The highest BCUT2D eigenvalue weighted by molar-refractivity contribution is 5.78. The first-order chi connectivity index (χ1) is 7.40. The minimum Gasteiger partial charge on any atom is -0.310 e. The van der Waals surface area contributed by atoms with Gasteiger partial charge in [0.15, 0.2) is 0 Å². The van der Waals surface area contributed by atoms with Crippen LogP contribution < -0.4 is 5.32 Å². The zero-order chi connectivity index (χ0) is 10.3. The van der Waals surface area contributed by atoms with Gasteiger partial charge in [-0.15, -0.1) is 0 Å². The Kier molecular flexibility index (Phi) is 2.14. The van der Waals surface area contributed by atoms with Crippen LogP contribution in [0.3, 0.4) is 0 Å². The van der Waals surface area contributed by atoms with Gasteiger partial charge >= 0.3 is 0 Å². The second-order valence-electron chi connectivity index (χ2n) is 4.50. The lowest BCUT2D eigenvalue weighted by Crippen LogP contribution is -2.35. The van der Waals surface area contributed by atoms with E-state index in [0.717, 1.165) is 6.54 Å². The van der Waals surface area contributed by atoms with Gasteiger partial charge in [-0.25, -0.2) is 0 Å². The molecule has 0 aromatic heterocycles. The molecule has 0 amide bonds. The maximum Gasteiger partial charge on any atom is 0.0286 e. The standard InChI is InChI=1S/C14H17N/c1-2-14-13-9-10-5-3-4-6-11(10)12(13)7-8-15-14/h3-6,14-15H,2,7-9H2,1H3. The van der Waals surface area contributed by atoms with Crippen LogP contribution in [0.25, 0.3) is 5.57 Å². The fourth-order valence-corrected chi connectivity index (χ4v) is 2.97. The lowest BCUT2D eigenvalue weighted by atomic mass is 9.93. The predicted octanol–water partition coefficient (Wildman–Crippen LogP) is 2.77. The molecule has 1 N–H and O–H groups in total. The monoisotopic (exact) mass is 199 g/mol. The van der Waals surface area contributed by atoms with Crippen molar-refractivity contribution in [2.75, 3.05) is 6.54 Å². The van der Waals surface area contributed by atoms with Crippen molar-refractivity contribution in [3.8, 4) is 0 Å². The van der Waals surface area contributed by atoms with Gasteiger partial charge in [0.25, 0.3) is 0 Å². The number of hydrogen-bond acceptors (Lipinski definition) is 1. The van der Waals surface area contributed by atoms with E-state index in [0.29, 0.717) is 6.04 Å². The average Bonchev–Trinajstić information content (AvgIpc) is 2.67. The van der Waals surface area contributed by atoms with Crippen molar-refractivity contribution < 1.29 is 0 Å². The first-order valence-corrected chi connectivity index (χ1v) is 5.93. The van der Waals surface area contributed by atoms with Gasteiger partial charge in [0.2, 0.25) is 0 Å². The van der Waals surface area contributed by atoms with Crippen molar-refractivity contribution in [3.05, 3.63) is 41.0 Å². The Bertz CT molecular complexity index is 417. The second-order valence-corrected chi connectivity index (χ2v) is 4.50. The molecule has 78 valence electrons. The van der Waals surface area contributed by atoms with E-state index in [1.807, 2.05) is 0 Å². The average molecular weight is 199 g/mol. The molecule has 2 aliphatic rings.